The molecule has 214 valence electrons. The number of hydrogen-bond acceptors (Lipinski definition) is 7. The smallest absolute Gasteiger partial charge is 0.175 e. The molecule has 0 saturated carbocycles. The summed E-state index contributed by atoms with van der Waals surface area (Å²) < 4.78 is 56.2. The van der Waals surface area contributed by atoms with Gasteiger partial charge in [0, 0.05) is 43.8 Å². The number of benzene rings is 2. The van der Waals surface area contributed by atoms with Gasteiger partial charge in [0.1, 0.15) is 11.6 Å². The van der Waals surface area contributed by atoms with Crippen LogP contribution in [0.4, 0.5) is 4.39 Å². The number of aryl methyl sites for hydroxylation is 1. The van der Waals surface area contributed by atoms with Crippen molar-refractivity contribution < 1.29 is 22.3 Å². The molecule has 3 aromatic heterocycles. The molecule has 4 heterocycles. The maximum absolute atomic E-state index is 15.7. The molecule has 0 aliphatic carbocycles. The van der Waals surface area contributed by atoms with Crippen molar-refractivity contribution in [2.75, 3.05) is 26.6 Å². The fourth-order valence-corrected chi connectivity index (χ4v) is 6.74. The van der Waals surface area contributed by atoms with Crippen molar-refractivity contribution in [1.82, 2.24) is 24.5 Å². The SMILES string of the molecule is [B]C([B])([B])c1nnn(C)c1-c1cnc2c3c(OC)cc(S(C)(=O)=O)cc3n([C@H](c3ccccc3F)C3CCOCC3)c2c1. The summed E-state index contributed by atoms with van der Waals surface area (Å²) in [7, 11) is 17.6. The van der Waals surface area contributed by atoms with Gasteiger partial charge < -0.3 is 14.0 Å². The maximum atomic E-state index is 15.7. The third-order valence-electron chi connectivity index (χ3n) is 8.05. The van der Waals surface area contributed by atoms with Gasteiger partial charge in [0.2, 0.25) is 0 Å². The Labute approximate surface area is 252 Å². The molecular weight excluding hydrogens is 566 g/mol. The molecule has 43 heavy (non-hydrogen) atoms. The Bertz CT molecular complexity index is 1970. The highest BCUT2D eigenvalue weighted by molar-refractivity contribution is 7.90. The van der Waals surface area contributed by atoms with Crippen molar-refractivity contribution in [3.8, 4) is 17.0 Å². The molecule has 14 heteroatoms. The lowest BCUT2D eigenvalue weighted by Crippen LogP contribution is -2.28. The van der Waals surface area contributed by atoms with E-state index in [2.05, 4.69) is 10.3 Å². The van der Waals surface area contributed by atoms with Crippen LogP contribution in [0.25, 0.3) is 33.2 Å². The number of pyridine rings is 1. The summed E-state index contributed by atoms with van der Waals surface area (Å²) in [5, 5.41) is 6.99. The Morgan fingerprint density at radius 1 is 1.12 bits per heavy atom. The van der Waals surface area contributed by atoms with E-state index in [4.69, 9.17) is 38.0 Å². The van der Waals surface area contributed by atoms with Crippen LogP contribution in [-0.2, 0) is 26.7 Å². The summed E-state index contributed by atoms with van der Waals surface area (Å²) in [4.78, 5) is 4.90. The molecule has 1 fully saturated rings. The Kier molecular flexibility index (Phi) is 7.41. The minimum atomic E-state index is -3.65. The first-order chi connectivity index (χ1) is 20.4. The summed E-state index contributed by atoms with van der Waals surface area (Å²) >= 11 is 0. The van der Waals surface area contributed by atoms with Crippen LogP contribution in [0.1, 0.15) is 30.1 Å². The molecule has 1 saturated heterocycles. The third-order valence-corrected chi connectivity index (χ3v) is 9.14. The molecule has 6 rings (SSSR count). The summed E-state index contributed by atoms with van der Waals surface area (Å²) in [6.07, 6.45) is 4.10. The lowest BCUT2D eigenvalue weighted by Gasteiger charge is -2.33. The van der Waals surface area contributed by atoms with Gasteiger partial charge in [-0.3, -0.25) is 4.98 Å². The van der Waals surface area contributed by atoms with E-state index >= 15 is 4.39 Å². The van der Waals surface area contributed by atoms with Crippen LogP contribution in [0.5, 0.6) is 5.75 Å². The maximum Gasteiger partial charge on any atom is 0.175 e. The quantitative estimate of drug-likeness (QED) is 0.268. The van der Waals surface area contributed by atoms with Gasteiger partial charge in [0.15, 0.2) is 9.84 Å². The number of sulfone groups is 1. The Balaban J connectivity index is 1.77. The second kappa shape index (κ2) is 10.8. The second-order valence-electron chi connectivity index (χ2n) is 11.0. The van der Waals surface area contributed by atoms with Crippen LogP contribution in [0, 0.1) is 11.7 Å². The van der Waals surface area contributed by atoms with Gasteiger partial charge in [-0.05, 0) is 43.0 Å². The van der Waals surface area contributed by atoms with Gasteiger partial charge in [-0.1, -0.05) is 28.5 Å². The molecule has 6 radical (unpaired) electrons. The van der Waals surface area contributed by atoms with Crippen molar-refractivity contribution >= 4 is 55.3 Å². The number of methoxy groups -OCH3 is 1. The summed E-state index contributed by atoms with van der Waals surface area (Å²) in [6.45, 7) is 1.04. The predicted octanol–water partition coefficient (Wildman–Crippen LogP) is 3.17. The number of ether oxygens (including phenoxy) is 2. The molecule has 5 aromatic rings. The zero-order valence-electron chi connectivity index (χ0n) is 24.0. The third kappa shape index (κ3) is 5.14. The zero-order valence-corrected chi connectivity index (χ0v) is 24.8. The van der Waals surface area contributed by atoms with Crippen LogP contribution < -0.4 is 4.74 Å². The Morgan fingerprint density at radius 3 is 2.49 bits per heavy atom. The van der Waals surface area contributed by atoms with Gasteiger partial charge in [-0.15, -0.1) is 5.10 Å². The van der Waals surface area contributed by atoms with Gasteiger partial charge in [-0.25, -0.2) is 17.5 Å². The number of aromatic nitrogens is 5. The van der Waals surface area contributed by atoms with Gasteiger partial charge in [0.25, 0.3) is 0 Å². The fraction of sp³-hybridized carbons (Fsp3) is 0.345. The first kappa shape index (κ1) is 29.4. The predicted molar refractivity (Wildman–Crippen MR) is 164 cm³/mol. The number of nitrogens with zero attached hydrogens (tertiary/aromatic N) is 5. The minimum Gasteiger partial charge on any atom is -0.496 e. The highest BCUT2D eigenvalue weighted by atomic mass is 32.2. The number of halogens is 1. The second-order valence-corrected chi connectivity index (χ2v) is 13.0. The Hall–Kier alpha value is -3.64. The van der Waals surface area contributed by atoms with Crippen LogP contribution in [-0.4, -0.2) is 83.1 Å². The van der Waals surface area contributed by atoms with E-state index in [0.29, 0.717) is 70.6 Å². The standard InChI is InChI=1S/C29H27B3FN5O4S/c1-37-27(28(35-36-37)29(30,31)32)17-12-22-25(34-15-17)24-21(13-18(43(3,39)40)14-23(24)41-2)38(22)26(16-8-10-42-11-9-16)19-6-4-5-7-20(19)33/h4-7,12-16,26H,8-11H2,1-3H3/t26-/m0/s1. The minimum absolute atomic E-state index is 0.0419. The molecular formula is C29H27B3FN5O4S. The molecule has 0 bridgehead atoms. The number of rotatable bonds is 7. The van der Waals surface area contributed by atoms with E-state index in [9.17, 15) is 8.42 Å². The van der Waals surface area contributed by atoms with E-state index in [1.54, 1.807) is 37.5 Å². The molecule has 9 nitrogen and oxygen atoms in total. The first-order valence-electron chi connectivity index (χ1n) is 13.7. The molecule has 1 atom stereocenters. The highest BCUT2D eigenvalue weighted by Gasteiger charge is 2.33. The number of hydrogen-bond donors (Lipinski definition) is 0. The van der Waals surface area contributed by atoms with E-state index in [-0.39, 0.29) is 22.3 Å². The van der Waals surface area contributed by atoms with Crippen molar-refractivity contribution in [3.05, 3.63) is 65.7 Å². The highest BCUT2D eigenvalue weighted by Crippen LogP contribution is 2.45. The van der Waals surface area contributed by atoms with Crippen molar-refractivity contribution in [2.45, 2.75) is 28.9 Å². The Morgan fingerprint density at radius 2 is 1.84 bits per heavy atom. The number of fused-ring (bicyclic) bond motifs is 3. The lowest BCUT2D eigenvalue weighted by molar-refractivity contribution is 0.0548. The first-order valence-corrected chi connectivity index (χ1v) is 15.6. The molecule has 0 amide bonds. The monoisotopic (exact) mass is 593 g/mol. The zero-order chi connectivity index (χ0) is 30.7. The molecule has 0 spiro atoms. The van der Waals surface area contributed by atoms with E-state index in [1.165, 1.54) is 23.9 Å². The topological polar surface area (TPSA) is 101 Å². The van der Waals surface area contributed by atoms with Gasteiger partial charge >= 0.3 is 0 Å². The average Bonchev–Trinajstić information content (AvgIpc) is 3.52. The van der Waals surface area contributed by atoms with Crippen LogP contribution in [0.2, 0.25) is 0 Å². The molecule has 0 N–H and O–H groups in total. The average molecular weight is 593 g/mol. The van der Waals surface area contributed by atoms with E-state index in [0.717, 1.165) is 6.26 Å². The van der Waals surface area contributed by atoms with Crippen LogP contribution in [0.3, 0.4) is 0 Å². The summed E-state index contributed by atoms with van der Waals surface area (Å²) in [5.41, 5.74) is 3.33. The van der Waals surface area contributed by atoms with E-state index < -0.39 is 21.0 Å². The van der Waals surface area contributed by atoms with Gasteiger partial charge in [-0.2, -0.15) is 0 Å². The van der Waals surface area contributed by atoms with Crippen molar-refractivity contribution in [1.29, 1.82) is 0 Å². The van der Waals surface area contributed by atoms with Crippen LogP contribution in [0.15, 0.2) is 53.6 Å². The van der Waals surface area contributed by atoms with E-state index in [1.807, 2.05) is 10.6 Å². The molecule has 2 aromatic carbocycles. The van der Waals surface area contributed by atoms with Gasteiger partial charge in [0.05, 0.1) is 74.9 Å². The summed E-state index contributed by atoms with van der Waals surface area (Å²) in [6, 6.07) is 11.0. The largest absolute Gasteiger partial charge is 0.496 e. The normalized spacial score (nSPS) is 15.7. The van der Waals surface area contributed by atoms with Crippen LogP contribution >= 0.6 is 0 Å². The fourth-order valence-electron chi connectivity index (χ4n) is 6.09. The molecule has 1 aliphatic rings. The van der Waals surface area contributed by atoms with Crippen molar-refractivity contribution in [2.24, 2.45) is 13.0 Å². The van der Waals surface area contributed by atoms with Crippen molar-refractivity contribution in [3.63, 3.8) is 0 Å². The summed E-state index contributed by atoms with van der Waals surface area (Å²) in [5.74, 6) is -0.0877. The molecule has 0 unspecified atom stereocenters. The lowest BCUT2D eigenvalue weighted by atomic mass is 9.41. The molecule has 1 aliphatic heterocycles.